The zero-order valence-electron chi connectivity index (χ0n) is 13.5. The highest BCUT2D eigenvalue weighted by atomic mass is 16.5. The molecule has 0 fully saturated rings. The molecule has 19 heavy (non-hydrogen) atoms. The third-order valence-corrected chi connectivity index (χ3v) is 2.49. The molecule has 1 unspecified atom stereocenters. The van der Waals surface area contributed by atoms with Crippen LogP contribution in [0.1, 0.15) is 67.2 Å². The van der Waals surface area contributed by atoms with E-state index >= 15 is 0 Å². The maximum absolute atomic E-state index is 11.5. The first-order valence-electron chi connectivity index (χ1n) is 7.45. The summed E-state index contributed by atoms with van der Waals surface area (Å²) in [5.41, 5.74) is -0.161. The lowest BCUT2D eigenvalue weighted by Gasteiger charge is -2.28. The maximum Gasteiger partial charge on any atom is 0.221 e. The van der Waals surface area contributed by atoms with E-state index in [-0.39, 0.29) is 23.8 Å². The summed E-state index contributed by atoms with van der Waals surface area (Å²) in [5.74, 6) is 0.0903. The van der Waals surface area contributed by atoms with Crippen LogP contribution < -0.4 is 10.6 Å². The van der Waals surface area contributed by atoms with Crippen LogP contribution in [0.15, 0.2) is 0 Å². The number of ether oxygens (including phenoxy) is 1. The Labute approximate surface area is 118 Å². The molecule has 1 atom stereocenters. The van der Waals surface area contributed by atoms with Gasteiger partial charge in [-0.15, -0.1) is 0 Å². The molecule has 0 saturated carbocycles. The van der Waals surface area contributed by atoms with Gasteiger partial charge in [-0.1, -0.05) is 13.3 Å². The summed E-state index contributed by atoms with van der Waals surface area (Å²) in [4.78, 5) is 11.5. The number of unbranched alkanes of at least 4 members (excludes halogenated alkanes) is 1. The normalized spacial score (nSPS) is 13.6. The van der Waals surface area contributed by atoms with Crippen molar-refractivity contribution in [3.63, 3.8) is 0 Å². The van der Waals surface area contributed by atoms with Crippen LogP contribution in [0.3, 0.4) is 0 Å². The largest absolute Gasteiger partial charge is 0.358 e. The van der Waals surface area contributed by atoms with Crippen LogP contribution in [0.25, 0.3) is 0 Å². The third kappa shape index (κ3) is 12.2. The summed E-state index contributed by atoms with van der Waals surface area (Å²) in [6.45, 7) is 12.9. The number of carbonyl (C=O) groups excluding carboxylic acids is 1. The van der Waals surface area contributed by atoms with E-state index in [1.807, 2.05) is 13.8 Å². The first-order chi connectivity index (χ1) is 8.74. The fraction of sp³-hybridized carbons (Fsp3) is 0.933. The second kappa shape index (κ2) is 9.32. The summed E-state index contributed by atoms with van der Waals surface area (Å²) >= 11 is 0. The quantitative estimate of drug-likeness (QED) is 0.635. The van der Waals surface area contributed by atoms with E-state index in [0.29, 0.717) is 13.0 Å². The fourth-order valence-electron chi connectivity index (χ4n) is 1.76. The van der Waals surface area contributed by atoms with Crippen molar-refractivity contribution in [2.75, 3.05) is 6.54 Å². The Morgan fingerprint density at radius 1 is 1.26 bits per heavy atom. The molecule has 0 saturated heterocycles. The van der Waals surface area contributed by atoms with Crippen LogP contribution in [0, 0.1) is 0 Å². The number of hydrogen-bond donors (Lipinski definition) is 2. The van der Waals surface area contributed by atoms with E-state index in [4.69, 9.17) is 4.74 Å². The van der Waals surface area contributed by atoms with Gasteiger partial charge in [-0.2, -0.15) is 0 Å². The lowest BCUT2D eigenvalue weighted by Crippen LogP contribution is -2.40. The lowest BCUT2D eigenvalue weighted by molar-refractivity contribution is -0.121. The summed E-state index contributed by atoms with van der Waals surface area (Å²) in [5, 5.41) is 6.22. The van der Waals surface area contributed by atoms with Gasteiger partial charge in [-0.05, 0) is 47.5 Å². The number of amides is 1. The molecule has 0 rings (SSSR count). The highest BCUT2D eigenvalue weighted by Crippen LogP contribution is 2.13. The van der Waals surface area contributed by atoms with Crippen molar-refractivity contribution in [3.8, 4) is 0 Å². The molecule has 0 aromatic heterocycles. The molecule has 4 heteroatoms. The lowest BCUT2D eigenvalue weighted by atomic mass is 10.1. The first kappa shape index (κ1) is 18.4. The molecule has 114 valence electrons. The Kier molecular flexibility index (Phi) is 9.02. The van der Waals surface area contributed by atoms with Crippen molar-refractivity contribution in [2.24, 2.45) is 0 Å². The van der Waals surface area contributed by atoms with Crippen LogP contribution in [0.5, 0.6) is 0 Å². The molecule has 0 aliphatic heterocycles. The Balaban J connectivity index is 4.01. The smallest absolute Gasteiger partial charge is 0.221 e. The molecular weight excluding hydrogens is 240 g/mol. The van der Waals surface area contributed by atoms with Crippen LogP contribution >= 0.6 is 0 Å². The number of hydrogen-bond acceptors (Lipinski definition) is 3. The van der Waals surface area contributed by atoms with E-state index in [2.05, 4.69) is 38.3 Å². The van der Waals surface area contributed by atoms with Crippen LogP contribution in [-0.4, -0.2) is 30.3 Å². The van der Waals surface area contributed by atoms with Gasteiger partial charge in [-0.3, -0.25) is 10.1 Å². The second-order valence-electron chi connectivity index (χ2n) is 6.29. The number of nitrogens with one attached hydrogen (secondary N) is 2. The average Bonchev–Trinajstić information content (AvgIpc) is 2.22. The van der Waals surface area contributed by atoms with Crippen LogP contribution in [-0.2, 0) is 9.53 Å². The first-order valence-corrected chi connectivity index (χ1v) is 7.45. The van der Waals surface area contributed by atoms with Crippen molar-refractivity contribution in [1.82, 2.24) is 10.6 Å². The Morgan fingerprint density at radius 3 is 2.37 bits per heavy atom. The molecule has 0 aromatic carbocycles. The summed E-state index contributed by atoms with van der Waals surface area (Å²) < 4.78 is 5.96. The van der Waals surface area contributed by atoms with Gasteiger partial charge in [0.15, 0.2) is 0 Å². The minimum absolute atomic E-state index is 0.0341. The topological polar surface area (TPSA) is 50.4 Å². The Bertz CT molecular complexity index is 247. The van der Waals surface area contributed by atoms with Gasteiger partial charge in [0.25, 0.3) is 0 Å². The molecule has 0 aromatic rings. The third-order valence-electron chi connectivity index (χ3n) is 2.49. The monoisotopic (exact) mass is 272 g/mol. The van der Waals surface area contributed by atoms with Gasteiger partial charge in [0.2, 0.25) is 5.91 Å². The fourth-order valence-corrected chi connectivity index (χ4v) is 1.76. The molecule has 0 aliphatic carbocycles. The van der Waals surface area contributed by atoms with Crippen molar-refractivity contribution < 1.29 is 9.53 Å². The second-order valence-corrected chi connectivity index (χ2v) is 6.29. The molecule has 0 bridgehead atoms. The average molecular weight is 272 g/mol. The van der Waals surface area contributed by atoms with Crippen molar-refractivity contribution in [2.45, 2.75) is 85.1 Å². The van der Waals surface area contributed by atoms with E-state index in [9.17, 15) is 4.79 Å². The molecule has 4 nitrogen and oxygen atoms in total. The van der Waals surface area contributed by atoms with Crippen LogP contribution in [0.4, 0.5) is 0 Å². The van der Waals surface area contributed by atoms with Gasteiger partial charge in [-0.25, -0.2) is 0 Å². The van der Waals surface area contributed by atoms with Gasteiger partial charge >= 0.3 is 0 Å². The number of rotatable bonds is 9. The van der Waals surface area contributed by atoms with Gasteiger partial charge < -0.3 is 10.1 Å². The minimum atomic E-state index is -0.161. The zero-order chi connectivity index (χ0) is 14.9. The SMILES string of the molecule is CCCCC(NCCC(=O)NC(C)C)OC(C)(C)C. The van der Waals surface area contributed by atoms with Crippen molar-refractivity contribution in [3.05, 3.63) is 0 Å². The summed E-state index contributed by atoms with van der Waals surface area (Å²) in [6, 6.07) is 0.203. The molecule has 0 heterocycles. The van der Waals surface area contributed by atoms with E-state index in [1.165, 1.54) is 0 Å². The van der Waals surface area contributed by atoms with Gasteiger partial charge in [0.1, 0.15) is 6.23 Å². The highest BCUT2D eigenvalue weighted by Gasteiger charge is 2.18. The Hall–Kier alpha value is -0.610. The standard InChI is InChI=1S/C15H32N2O2/c1-7-8-9-14(19-15(4,5)6)16-11-10-13(18)17-12(2)3/h12,14,16H,7-11H2,1-6H3,(H,17,18). The summed E-state index contributed by atoms with van der Waals surface area (Å²) in [6.07, 6.45) is 3.80. The van der Waals surface area contributed by atoms with Gasteiger partial charge in [0, 0.05) is 19.0 Å². The predicted molar refractivity (Wildman–Crippen MR) is 80.0 cm³/mol. The minimum Gasteiger partial charge on any atom is -0.358 e. The Morgan fingerprint density at radius 2 is 1.89 bits per heavy atom. The predicted octanol–water partition coefficient (Wildman–Crippen LogP) is 2.82. The summed E-state index contributed by atoms with van der Waals surface area (Å²) in [7, 11) is 0. The zero-order valence-corrected chi connectivity index (χ0v) is 13.5. The number of carbonyl (C=O) groups is 1. The highest BCUT2D eigenvalue weighted by molar-refractivity contribution is 5.76. The van der Waals surface area contributed by atoms with E-state index in [1.54, 1.807) is 0 Å². The van der Waals surface area contributed by atoms with Crippen LogP contribution in [0.2, 0.25) is 0 Å². The molecular formula is C15H32N2O2. The molecule has 2 N–H and O–H groups in total. The van der Waals surface area contributed by atoms with Crippen molar-refractivity contribution in [1.29, 1.82) is 0 Å². The molecule has 0 radical (unpaired) electrons. The molecule has 0 aliphatic rings. The van der Waals surface area contributed by atoms with E-state index in [0.717, 1.165) is 19.3 Å². The van der Waals surface area contributed by atoms with Gasteiger partial charge in [0.05, 0.1) is 5.60 Å². The maximum atomic E-state index is 11.5. The molecule has 0 spiro atoms. The molecule has 1 amide bonds. The van der Waals surface area contributed by atoms with Crippen molar-refractivity contribution >= 4 is 5.91 Å². The van der Waals surface area contributed by atoms with E-state index < -0.39 is 0 Å².